The zero-order valence-electron chi connectivity index (χ0n) is 9.23. The Morgan fingerprint density at radius 3 is 2.56 bits per heavy atom. The molecule has 0 aromatic rings. The average molecular weight is 254 g/mol. The largest absolute Gasteiger partial charge is 0.481 e. The number of ether oxygens (including phenoxy) is 1. The summed E-state index contributed by atoms with van der Waals surface area (Å²) in [7, 11) is -1.89. The number of carboxylic acid groups (broad SMARTS) is 1. The van der Waals surface area contributed by atoms with Gasteiger partial charge in [0, 0.05) is 26.7 Å². The lowest BCUT2D eigenvalue weighted by atomic mass is 10.5. The zero-order valence-corrected chi connectivity index (χ0v) is 10.0. The molecule has 0 aromatic heterocycles. The summed E-state index contributed by atoms with van der Waals surface area (Å²) in [6.45, 7) is 1.93. The first-order valence-corrected chi connectivity index (χ1v) is 6.52. The molecular formula is C8H18N2O5S. The highest BCUT2D eigenvalue weighted by atomic mass is 32.2. The van der Waals surface area contributed by atoms with Crippen LogP contribution in [0.5, 0.6) is 0 Å². The third kappa shape index (κ3) is 9.84. The first-order chi connectivity index (χ1) is 7.48. The topological polar surface area (TPSA) is 105 Å². The van der Waals surface area contributed by atoms with E-state index in [0.29, 0.717) is 19.7 Å². The third-order valence-electron chi connectivity index (χ3n) is 1.69. The van der Waals surface area contributed by atoms with Crippen molar-refractivity contribution in [1.29, 1.82) is 0 Å². The van der Waals surface area contributed by atoms with Crippen molar-refractivity contribution < 1.29 is 23.1 Å². The predicted molar refractivity (Wildman–Crippen MR) is 58.8 cm³/mol. The van der Waals surface area contributed by atoms with Gasteiger partial charge in [-0.15, -0.1) is 0 Å². The minimum Gasteiger partial charge on any atom is -0.481 e. The summed E-state index contributed by atoms with van der Waals surface area (Å²) in [6.07, 6.45) is -0.383. The van der Waals surface area contributed by atoms with E-state index in [1.54, 1.807) is 7.11 Å². The Labute approximate surface area is 95.2 Å². The Balaban J connectivity index is 3.55. The van der Waals surface area contributed by atoms with Gasteiger partial charge in [0.25, 0.3) is 0 Å². The quantitative estimate of drug-likeness (QED) is 0.415. The number of rotatable bonds is 10. The third-order valence-corrected chi connectivity index (χ3v) is 3.08. The molecule has 0 unspecified atom stereocenters. The molecule has 0 heterocycles. The highest BCUT2D eigenvalue weighted by Gasteiger charge is 2.11. The second kappa shape index (κ2) is 8.45. The number of hydrogen-bond acceptors (Lipinski definition) is 5. The smallest absolute Gasteiger partial charge is 0.304 e. The highest BCUT2D eigenvalue weighted by Crippen LogP contribution is 1.88. The lowest BCUT2D eigenvalue weighted by molar-refractivity contribution is -0.136. The SMILES string of the molecule is COCCNCCNS(=O)(=O)CCC(=O)O. The van der Waals surface area contributed by atoms with Gasteiger partial charge in [0.15, 0.2) is 0 Å². The molecule has 0 radical (unpaired) electrons. The van der Waals surface area contributed by atoms with Crippen LogP contribution in [0.3, 0.4) is 0 Å². The van der Waals surface area contributed by atoms with Gasteiger partial charge in [0.1, 0.15) is 0 Å². The van der Waals surface area contributed by atoms with Crippen molar-refractivity contribution >= 4 is 16.0 Å². The maximum Gasteiger partial charge on any atom is 0.304 e. The van der Waals surface area contributed by atoms with Gasteiger partial charge in [-0.25, -0.2) is 13.1 Å². The number of aliphatic carboxylic acids is 1. The van der Waals surface area contributed by atoms with Gasteiger partial charge in [0.2, 0.25) is 10.0 Å². The summed E-state index contributed by atoms with van der Waals surface area (Å²) < 4.78 is 29.5. The number of carboxylic acids is 1. The summed E-state index contributed by atoms with van der Waals surface area (Å²) in [5, 5.41) is 11.3. The molecule has 0 amide bonds. The fourth-order valence-electron chi connectivity index (χ4n) is 0.888. The number of nitrogens with one attached hydrogen (secondary N) is 2. The molecule has 3 N–H and O–H groups in total. The van der Waals surface area contributed by atoms with Gasteiger partial charge >= 0.3 is 5.97 Å². The molecule has 0 aliphatic rings. The normalized spacial score (nSPS) is 11.6. The minimum absolute atomic E-state index is 0.242. The second-order valence-electron chi connectivity index (χ2n) is 3.10. The van der Waals surface area contributed by atoms with E-state index in [-0.39, 0.29) is 18.7 Å². The summed E-state index contributed by atoms with van der Waals surface area (Å²) >= 11 is 0. The van der Waals surface area contributed by atoms with Crippen molar-refractivity contribution in [3.05, 3.63) is 0 Å². The molecule has 0 spiro atoms. The number of sulfonamides is 1. The summed E-state index contributed by atoms with van der Waals surface area (Å²) in [5.74, 6) is -1.51. The van der Waals surface area contributed by atoms with E-state index >= 15 is 0 Å². The molecule has 7 nitrogen and oxygen atoms in total. The molecule has 96 valence electrons. The monoisotopic (exact) mass is 254 g/mol. The number of hydrogen-bond donors (Lipinski definition) is 3. The van der Waals surface area contributed by atoms with Gasteiger partial charge in [-0.1, -0.05) is 0 Å². The average Bonchev–Trinajstić information content (AvgIpc) is 2.21. The molecule has 0 aromatic carbocycles. The number of methoxy groups -OCH3 is 1. The standard InChI is InChI=1S/C8H18N2O5S/c1-15-6-5-9-3-4-10-16(13,14)7-2-8(11)12/h9-10H,2-7H2,1H3,(H,11,12). The van der Waals surface area contributed by atoms with Crippen molar-refractivity contribution in [2.75, 3.05) is 39.1 Å². The van der Waals surface area contributed by atoms with Gasteiger partial charge in [0.05, 0.1) is 18.8 Å². The first kappa shape index (κ1) is 15.3. The van der Waals surface area contributed by atoms with Crippen LogP contribution >= 0.6 is 0 Å². The van der Waals surface area contributed by atoms with Gasteiger partial charge in [-0.2, -0.15) is 0 Å². The molecule has 0 atom stereocenters. The summed E-state index contributed by atoms with van der Waals surface area (Å²) in [5.41, 5.74) is 0. The van der Waals surface area contributed by atoms with Crippen LogP contribution in [-0.4, -0.2) is 58.6 Å². The van der Waals surface area contributed by atoms with Crippen LogP contribution in [0.25, 0.3) is 0 Å². The Morgan fingerprint density at radius 2 is 2.00 bits per heavy atom. The summed E-state index contributed by atoms with van der Waals surface area (Å²) in [6, 6.07) is 0. The lowest BCUT2D eigenvalue weighted by Gasteiger charge is -2.06. The zero-order chi connectivity index (χ0) is 12.4. The minimum atomic E-state index is -3.47. The van der Waals surface area contributed by atoms with Crippen LogP contribution in [0.2, 0.25) is 0 Å². The molecule has 0 bridgehead atoms. The molecular weight excluding hydrogens is 236 g/mol. The highest BCUT2D eigenvalue weighted by molar-refractivity contribution is 7.89. The van der Waals surface area contributed by atoms with Gasteiger partial charge in [-0.05, 0) is 0 Å². The van der Waals surface area contributed by atoms with E-state index in [9.17, 15) is 13.2 Å². The van der Waals surface area contributed by atoms with Crippen molar-refractivity contribution in [3.8, 4) is 0 Å². The van der Waals surface area contributed by atoms with E-state index < -0.39 is 16.0 Å². The second-order valence-corrected chi connectivity index (χ2v) is 5.03. The van der Waals surface area contributed by atoms with Crippen LogP contribution < -0.4 is 10.0 Å². The van der Waals surface area contributed by atoms with E-state index in [4.69, 9.17) is 9.84 Å². The van der Waals surface area contributed by atoms with Gasteiger partial charge in [-0.3, -0.25) is 4.79 Å². The lowest BCUT2D eigenvalue weighted by Crippen LogP contribution is -2.34. The molecule has 16 heavy (non-hydrogen) atoms. The Morgan fingerprint density at radius 1 is 1.31 bits per heavy atom. The molecule has 0 aliphatic carbocycles. The molecule has 0 saturated carbocycles. The molecule has 0 rings (SSSR count). The Hall–Kier alpha value is -0.700. The fourth-order valence-corrected chi connectivity index (χ4v) is 1.89. The van der Waals surface area contributed by atoms with Crippen molar-refractivity contribution in [2.45, 2.75) is 6.42 Å². The molecule has 0 fully saturated rings. The van der Waals surface area contributed by atoms with E-state index in [1.807, 2.05) is 0 Å². The van der Waals surface area contributed by atoms with Crippen LogP contribution in [-0.2, 0) is 19.6 Å². The van der Waals surface area contributed by atoms with E-state index in [1.165, 1.54) is 0 Å². The van der Waals surface area contributed by atoms with Crippen LogP contribution in [0, 0.1) is 0 Å². The van der Waals surface area contributed by atoms with E-state index in [2.05, 4.69) is 10.0 Å². The maximum atomic E-state index is 11.2. The fraction of sp³-hybridized carbons (Fsp3) is 0.875. The Bertz CT molecular complexity index is 291. The first-order valence-electron chi connectivity index (χ1n) is 4.87. The van der Waals surface area contributed by atoms with Gasteiger partial charge < -0.3 is 15.2 Å². The van der Waals surface area contributed by atoms with Crippen LogP contribution in [0.1, 0.15) is 6.42 Å². The Kier molecular flexibility index (Phi) is 8.08. The van der Waals surface area contributed by atoms with E-state index in [0.717, 1.165) is 0 Å². The molecule has 0 aliphatic heterocycles. The van der Waals surface area contributed by atoms with Crippen molar-refractivity contribution in [1.82, 2.24) is 10.0 Å². The van der Waals surface area contributed by atoms with Crippen molar-refractivity contribution in [2.24, 2.45) is 0 Å². The molecule has 0 saturated heterocycles. The van der Waals surface area contributed by atoms with Crippen LogP contribution in [0.4, 0.5) is 0 Å². The summed E-state index contributed by atoms with van der Waals surface area (Å²) in [4.78, 5) is 10.2. The molecule has 8 heteroatoms. The maximum absolute atomic E-state index is 11.2. The number of carbonyl (C=O) groups is 1. The predicted octanol–water partition coefficient (Wildman–Crippen LogP) is -1.38. The van der Waals surface area contributed by atoms with Crippen molar-refractivity contribution in [3.63, 3.8) is 0 Å². The van der Waals surface area contributed by atoms with Crippen LogP contribution in [0.15, 0.2) is 0 Å².